The average molecular weight is 263 g/mol. The number of fused-ring (bicyclic) bond motifs is 1. The fourth-order valence-corrected chi connectivity index (χ4v) is 1.78. The van der Waals surface area contributed by atoms with Gasteiger partial charge in [-0.15, -0.1) is 0 Å². The monoisotopic (exact) mass is 263 g/mol. The number of methoxy groups -OCH3 is 1. The molecule has 1 aliphatic heterocycles. The highest BCUT2D eigenvalue weighted by Gasteiger charge is 2.22. The van der Waals surface area contributed by atoms with Crippen molar-refractivity contribution in [1.29, 1.82) is 0 Å². The Labute approximate surface area is 107 Å². The minimum absolute atomic E-state index is 0.117. The molecule has 1 aromatic heterocycles. The van der Waals surface area contributed by atoms with E-state index in [2.05, 4.69) is 5.16 Å². The third-order valence-electron chi connectivity index (χ3n) is 2.67. The zero-order chi connectivity index (χ0) is 13.4. The Kier molecular flexibility index (Phi) is 2.52. The van der Waals surface area contributed by atoms with E-state index < -0.39 is 5.97 Å². The van der Waals surface area contributed by atoms with Gasteiger partial charge in [0.2, 0.25) is 12.5 Å². The van der Waals surface area contributed by atoms with Crippen molar-refractivity contribution in [2.24, 2.45) is 0 Å². The molecule has 0 aliphatic carbocycles. The maximum Gasteiger partial charge on any atom is 0.358 e. The van der Waals surface area contributed by atoms with Gasteiger partial charge >= 0.3 is 5.97 Å². The summed E-state index contributed by atoms with van der Waals surface area (Å²) >= 11 is 0. The first-order valence-corrected chi connectivity index (χ1v) is 5.37. The van der Waals surface area contributed by atoms with Crippen LogP contribution in [0.1, 0.15) is 10.5 Å². The minimum Gasteiger partial charge on any atom is -0.493 e. The molecule has 0 atom stereocenters. The third kappa shape index (κ3) is 1.85. The van der Waals surface area contributed by atoms with Gasteiger partial charge in [0.15, 0.2) is 23.0 Å². The predicted octanol–water partition coefficient (Wildman–Crippen LogP) is 1.78. The summed E-state index contributed by atoms with van der Waals surface area (Å²) < 4.78 is 20.7. The lowest BCUT2D eigenvalue weighted by Gasteiger charge is -2.05. The summed E-state index contributed by atoms with van der Waals surface area (Å²) in [6.45, 7) is 0.117. The number of aromatic carboxylic acids is 1. The average Bonchev–Trinajstić information content (AvgIpc) is 3.05. The topological polar surface area (TPSA) is 91.0 Å². The van der Waals surface area contributed by atoms with E-state index >= 15 is 0 Å². The molecule has 0 fully saturated rings. The van der Waals surface area contributed by atoms with E-state index in [1.165, 1.54) is 13.2 Å². The van der Waals surface area contributed by atoms with E-state index in [1.807, 2.05) is 0 Å². The standard InChI is InChI=1S/C12H9NO6/c1-16-9-2-6(3-10-11(9)18-5-17-10)8-4-7(12(14)15)13-19-8/h2-4H,5H2,1H3,(H,14,15). The molecule has 7 heteroatoms. The lowest BCUT2D eigenvalue weighted by molar-refractivity contribution is 0.0686. The zero-order valence-electron chi connectivity index (χ0n) is 9.87. The Morgan fingerprint density at radius 1 is 1.37 bits per heavy atom. The summed E-state index contributed by atoms with van der Waals surface area (Å²) in [5.41, 5.74) is 0.438. The number of carboxylic acid groups (broad SMARTS) is 1. The van der Waals surface area contributed by atoms with Gasteiger partial charge in [-0.2, -0.15) is 0 Å². The number of carboxylic acids is 1. The van der Waals surface area contributed by atoms with E-state index in [-0.39, 0.29) is 12.5 Å². The smallest absolute Gasteiger partial charge is 0.358 e. The second kappa shape index (κ2) is 4.20. The van der Waals surface area contributed by atoms with E-state index in [9.17, 15) is 4.79 Å². The maximum atomic E-state index is 10.8. The van der Waals surface area contributed by atoms with Gasteiger partial charge in [-0.3, -0.25) is 0 Å². The first kappa shape index (κ1) is 11.4. The van der Waals surface area contributed by atoms with Crippen LogP contribution in [0.3, 0.4) is 0 Å². The number of hydrogen-bond acceptors (Lipinski definition) is 6. The molecule has 2 aromatic rings. The van der Waals surface area contributed by atoms with Crippen molar-refractivity contribution in [2.45, 2.75) is 0 Å². The molecule has 0 radical (unpaired) electrons. The van der Waals surface area contributed by atoms with Crippen LogP contribution in [0.15, 0.2) is 22.7 Å². The van der Waals surface area contributed by atoms with Gasteiger partial charge in [-0.1, -0.05) is 5.16 Å². The van der Waals surface area contributed by atoms with Crippen molar-refractivity contribution in [3.8, 4) is 28.6 Å². The summed E-state index contributed by atoms with van der Waals surface area (Å²) in [5.74, 6) is 0.682. The Hall–Kier alpha value is -2.70. The molecule has 0 unspecified atom stereocenters. The van der Waals surface area contributed by atoms with Crippen molar-refractivity contribution in [1.82, 2.24) is 5.16 Å². The van der Waals surface area contributed by atoms with E-state index in [4.69, 9.17) is 23.8 Å². The molecule has 1 aliphatic rings. The van der Waals surface area contributed by atoms with Crippen LogP contribution in [0.5, 0.6) is 17.2 Å². The van der Waals surface area contributed by atoms with Crippen molar-refractivity contribution in [2.75, 3.05) is 13.9 Å². The molecule has 1 N–H and O–H groups in total. The molecule has 7 nitrogen and oxygen atoms in total. The highest BCUT2D eigenvalue weighted by molar-refractivity contribution is 5.86. The maximum absolute atomic E-state index is 10.8. The summed E-state index contributed by atoms with van der Waals surface area (Å²) in [7, 11) is 1.50. The summed E-state index contributed by atoms with van der Waals surface area (Å²) in [6.07, 6.45) is 0. The van der Waals surface area contributed by atoms with Crippen LogP contribution < -0.4 is 14.2 Å². The van der Waals surface area contributed by atoms with Gasteiger partial charge in [-0.05, 0) is 12.1 Å². The van der Waals surface area contributed by atoms with E-state index in [1.54, 1.807) is 12.1 Å². The molecule has 0 bridgehead atoms. The van der Waals surface area contributed by atoms with Crippen molar-refractivity contribution in [3.05, 3.63) is 23.9 Å². The number of benzene rings is 1. The normalized spacial score (nSPS) is 12.5. The predicted molar refractivity (Wildman–Crippen MR) is 61.6 cm³/mol. The fraction of sp³-hybridized carbons (Fsp3) is 0.167. The number of carbonyl (C=O) groups is 1. The first-order chi connectivity index (χ1) is 9.19. The zero-order valence-corrected chi connectivity index (χ0v) is 9.87. The van der Waals surface area contributed by atoms with Crippen LogP contribution in [0, 0.1) is 0 Å². The number of hydrogen-bond donors (Lipinski definition) is 1. The van der Waals surface area contributed by atoms with Crippen molar-refractivity contribution < 1.29 is 28.6 Å². The van der Waals surface area contributed by atoms with Crippen molar-refractivity contribution in [3.63, 3.8) is 0 Å². The Morgan fingerprint density at radius 2 is 2.21 bits per heavy atom. The number of aromatic nitrogens is 1. The minimum atomic E-state index is -1.15. The van der Waals surface area contributed by atoms with Gasteiger partial charge in [0.25, 0.3) is 0 Å². The Morgan fingerprint density at radius 3 is 2.89 bits per heavy atom. The molecule has 0 amide bonds. The van der Waals surface area contributed by atoms with Gasteiger partial charge in [0.05, 0.1) is 7.11 Å². The lowest BCUT2D eigenvalue weighted by atomic mass is 10.1. The van der Waals surface area contributed by atoms with E-state index in [0.29, 0.717) is 28.6 Å². The Bertz CT molecular complexity index is 648. The quantitative estimate of drug-likeness (QED) is 0.902. The second-order valence-electron chi connectivity index (χ2n) is 3.79. The van der Waals surface area contributed by atoms with Crippen LogP contribution in [0.2, 0.25) is 0 Å². The number of ether oxygens (including phenoxy) is 3. The van der Waals surface area contributed by atoms with Gasteiger partial charge < -0.3 is 23.8 Å². The molecule has 0 saturated heterocycles. The third-order valence-corrected chi connectivity index (χ3v) is 2.67. The lowest BCUT2D eigenvalue weighted by Crippen LogP contribution is -1.94. The summed E-state index contributed by atoms with van der Waals surface area (Å²) in [4.78, 5) is 10.8. The molecule has 0 spiro atoms. The van der Waals surface area contributed by atoms with Gasteiger partial charge in [0.1, 0.15) is 0 Å². The molecule has 0 saturated carbocycles. The number of rotatable bonds is 3. The largest absolute Gasteiger partial charge is 0.493 e. The molecular formula is C12H9NO6. The summed E-state index contributed by atoms with van der Waals surface area (Å²) in [6, 6.07) is 4.68. The van der Waals surface area contributed by atoms with Crippen LogP contribution in [-0.2, 0) is 0 Å². The molecular weight excluding hydrogens is 254 g/mol. The van der Waals surface area contributed by atoms with Crippen LogP contribution >= 0.6 is 0 Å². The van der Waals surface area contributed by atoms with Crippen LogP contribution in [0.25, 0.3) is 11.3 Å². The number of nitrogens with zero attached hydrogens (tertiary/aromatic N) is 1. The molecule has 1 aromatic carbocycles. The van der Waals surface area contributed by atoms with Crippen LogP contribution in [-0.4, -0.2) is 30.1 Å². The summed E-state index contributed by atoms with van der Waals surface area (Å²) in [5, 5.41) is 12.3. The highest BCUT2D eigenvalue weighted by Crippen LogP contribution is 2.44. The van der Waals surface area contributed by atoms with E-state index in [0.717, 1.165) is 0 Å². The Balaban J connectivity index is 2.07. The van der Waals surface area contributed by atoms with Crippen LogP contribution in [0.4, 0.5) is 0 Å². The van der Waals surface area contributed by atoms with Crippen molar-refractivity contribution >= 4 is 5.97 Å². The highest BCUT2D eigenvalue weighted by atomic mass is 16.7. The molecule has 19 heavy (non-hydrogen) atoms. The van der Waals surface area contributed by atoms with Gasteiger partial charge in [0, 0.05) is 11.6 Å². The first-order valence-electron chi connectivity index (χ1n) is 5.37. The molecule has 98 valence electrons. The fourth-order valence-electron chi connectivity index (χ4n) is 1.78. The van der Waals surface area contributed by atoms with Gasteiger partial charge in [-0.25, -0.2) is 4.79 Å². The molecule has 3 rings (SSSR count). The SMILES string of the molecule is COc1cc(-c2cc(C(=O)O)no2)cc2c1OCO2. The molecule has 2 heterocycles. The second-order valence-corrected chi connectivity index (χ2v) is 3.79.